The molecule has 0 fully saturated rings. The first-order chi connectivity index (χ1) is 7.84. The summed E-state index contributed by atoms with van der Waals surface area (Å²) in [4.78, 5) is 0. The molecule has 0 aliphatic rings. The molecule has 2 N–H and O–H groups in total. The van der Waals surface area contributed by atoms with Gasteiger partial charge in [0.2, 0.25) is 0 Å². The molecular weight excluding hydrogens is 206 g/mol. The third kappa shape index (κ3) is 4.16. The van der Waals surface area contributed by atoms with Gasteiger partial charge < -0.3 is 5.73 Å². The van der Waals surface area contributed by atoms with E-state index >= 15 is 0 Å². The maximum absolute atomic E-state index is 5.61. The van der Waals surface area contributed by atoms with Gasteiger partial charge in [0.15, 0.2) is 0 Å². The van der Waals surface area contributed by atoms with Crippen molar-refractivity contribution in [3.8, 4) is 0 Å². The van der Waals surface area contributed by atoms with Crippen LogP contribution in [0.1, 0.15) is 50.8 Å². The van der Waals surface area contributed by atoms with Crippen molar-refractivity contribution in [1.82, 2.24) is 0 Å². The maximum atomic E-state index is 5.61. The molecule has 0 aromatic heterocycles. The quantitative estimate of drug-likeness (QED) is 0.840. The average Bonchev–Trinajstić information content (AvgIpc) is 2.19. The molecule has 0 heterocycles. The topological polar surface area (TPSA) is 26.0 Å². The smallest absolute Gasteiger partial charge is 0.00746 e. The van der Waals surface area contributed by atoms with E-state index < -0.39 is 0 Å². The molecule has 0 amide bonds. The second-order valence-corrected chi connectivity index (χ2v) is 6.29. The first-order valence-electron chi connectivity index (χ1n) is 6.64. The Balaban J connectivity index is 2.89. The number of benzene rings is 1. The van der Waals surface area contributed by atoms with Crippen LogP contribution < -0.4 is 5.73 Å². The summed E-state index contributed by atoms with van der Waals surface area (Å²) in [5, 5.41) is 0. The van der Waals surface area contributed by atoms with E-state index in [9.17, 15) is 0 Å². The predicted molar refractivity (Wildman–Crippen MR) is 76.4 cm³/mol. The Labute approximate surface area is 106 Å². The van der Waals surface area contributed by atoms with E-state index in [-0.39, 0.29) is 5.41 Å². The molecule has 1 rings (SSSR count). The zero-order valence-electron chi connectivity index (χ0n) is 12.0. The van der Waals surface area contributed by atoms with Crippen LogP contribution in [0.4, 0.5) is 0 Å². The molecule has 0 aliphatic carbocycles. The summed E-state index contributed by atoms with van der Waals surface area (Å²) in [7, 11) is 0. The Morgan fingerprint density at radius 2 is 1.88 bits per heavy atom. The van der Waals surface area contributed by atoms with Gasteiger partial charge in [-0.3, -0.25) is 0 Å². The van der Waals surface area contributed by atoms with Crippen molar-refractivity contribution < 1.29 is 0 Å². The molecule has 0 spiro atoms. The number of hydrogen-bond acceptors (Lipinski definition) is 1. The van der Waals surface area contributed by atoms with E-state index in [1.165, 1.54) is 16.7 Å². The zero-order valence-corrected chi connectivity index (χ0v) is 12.0. The van der Waals surface area contributed by atoms with Gasteiger partial charge in [-0.25, -0.2) is 0 Å². The number of aryl methyl sites for hydroxylation is 1. The third-order valence-electron chi connectivity index (χ3n) is 3.35. The first kappa shape index (κ1) is 14.2. The summed E-state index contributed by atoms with van der Waals surface area (Å²) in [6, 6.07) is 6.89. The summed E-state index contributed by atoms with van der Waals surface area (Å²) < 4.78 is 0. The molecule has 1 nitrogen and oxygen atoms in total. The van der Waals surface area contributed by atoms with Gasteiger partial charge in [0, 0.05) is 0 Å². The van der Waals surface area contributed by atoms with Gasteiger partial charge in [-0.1, -0.05) is 45.9 Å². The van der Waals surface area contributed by atoms with Gasteiger partial charge in [0.05, 0.1) is 0 Å². The number of hydrogen-bond donors (Lipinski definition) is 1. The normalized spacial score (nSPS) is 13.8. The first-order valence-corrected chi connectivity index (χ1v) is 6.64. The third-order valence-corrected chi connectivity index (χ3v) is 3.35. The average molecular weight is 233 g/mol. The minimum atomic E-state index is 0.233. The molecule has 1 unspecified atom stereocenters. The van der Waals surface area contributed by atoms with Crippen molar-refractivity contribution in [3.63, 3.8) is 0 Å². The second-order valence-electron chi connectivity index (χ2n) is 6.29. The summed E-state index contributed by atoms with van der Waals surface area (Å²) >= 11 is 0. The molecule has 0 aliphatic heterocycles. The van der Waals surface area contributed by atoms with Crippen molar-refractivity contribution >= 4 is 0 Å². The Hall–Kier alpha value is -0.820. The molecule has 0 saturated heterocycles. The monoisotopic (exact) mass is 233 g/mol. The molecule has 0 saturated carbocycles. The summed E-state index contributed by atoms with van der Waals surface area (Å²) in [6.45, 7) is 12.1. The highest BCUT2D eigenvalue weighted by Gasteiger charge is 2.16. The molecule has 17 heavy (non-hydrogen) atoms. The van der Waals surface area contributed by atoms with E-state index in [1.54, 1.807) is 0 Å². The van der Waals surface area contributed by atoms with E-state index in [0.29, 0.717) is 5.92 Å². The van der Waals surface area contributed by atoms with Crippen LogP contribution >= 0.6 is 0 Å². The minimum absolute atomic E-state index is 0.233. The van der Waals surface area contributed by atoms with Gasteiger partial charge in [-0.2, -0.15) is 0 Å². The lowest BCUT2D eigenvalue weighted by Gasteiger charge is -2.23. The standard InChI is InChI=1S/C16H27N/c1-12(8-9-17)10-14-7-6-13(2)15(11-14)16(3,4)5/h6-7,11-12H,8-10,17H2,1-5H3. The lowest BCUT2D eigenvalue weighted by atomic mass is 9.82. The van der Waals surface area contributed by atoms with Crippen LogP contribution in [0, 0.1) is 12.8 Å². The molecule has 0 bridgehead atoms. The Morgan fingerprint density at radius 3 is 2.41 bits per heavy atom. The van der Waals surface area contributed by atoms with Crippen molar-refractivity contribution in [2.75, 3.05) is 6.54 Å². The maximum Gasteiger partial charge on any atom is -0.00746 e. The predicted octanol–water partition coefficient (Wildman–Crippen LogP) is 3.82. The van der Waals surface area contributed by atoms with E-state index in [4.69, 9.17) is 5.73 Å². The second kappa shape index (κ2) is 5.68. The largest absolute Gasteiger partial charge is 0.330 e. The lowest BCUT2D eigenvalue weighted by molar-refractivity contribution is 0.535. The van der Waals surface area contributed by atoms with Crippen molar-refractivity contribution in [2.24, 2.45) is 11.7 Å². The molecule has 96 valence electrons. The zero-order chi connectivity index (χ0) is 13.1. The number of rotatable bonds is 4. The molecule has 0 radical (unpaired) electrons. The van der Waals surface area contributed by atoms with E-state index in [2.05, 4.69) is 52.8 Å². The van der Waals surface area contributed by atoms with Gasteiger partial charge in [0.25, 0.3) is 0 Å². The van der Waals surface area contributed by atoms with E-state index in [1.807, 2.05) is 0 Å². The summed E-state index contributed by atoms with van der Waals surface area (Å²) in [5.41, 5.74) is 10.1. The van der Waals surface area contributed by atoms with Crippen LogP contribution in [-0.4, -0.2) is 6.54 Å². The van der Waals surface area contributed by atoms with Gasteiger partial charge in [-0.05, 0) is 54.3 Å². The minimum Gasteiger partial charge on any atom is -0.330 e. The summed E-state index contributed by atoms with van der Waals surface area (Å²) in [5.74, 6) is 0.676. The van der Waals surface area contributed by atoms with E-state index in [0.717, 1.165) is 19.4 Å². The Morgan fingerprint density at radius 1 is 1.24 bits per heavy atom. The van der Waals surface area contributed by atoms with Crippen molar-refractivity contribution in [1.29, 1.82) is 0 Å². The van der Waals surface area contributed by atoms with Gasteiger partial charge in [-0.15, -0.1) is 0 Å². The molecule has 1 heteroatoms. The highest BCUT2D eigenvalue weighted by molar-refractivity contribution is 5.36. The fourth-order valence-corrected chi connectivity index (χ4v) is 2.39. The molecule has 1 aromatic rings. The molecule has 1 atom stereocenters. The van der Waals surface area contributed by atoms with Gasteiger partial charge in [0.1, 0.15) is 0 Å². The SMILES string of the molecule is Cc1ccc(CC(C)CCN)cc1C(C)(C)C. The fourth-order valence-electron chi connectivity index (χ4n) is 2.39. The van der Waals surface area contributed by atoms with Crippen LogP contribution in [0.2, 0.25) is 0 Å². The van der Waals surface area contributed by atoms with Crippen LogP contribution in [0.5, 0.6) is 0 Å². The van der Waals surface area contributed by atoms with Crippen molar-refractivity contribution in [3.05, 3.63) is 34.9 Å². The Bertz CT molecular complexity index is 360. The van der Waals surface area contributed by atoms with Crippen LogP contribution in [0.25, 0.3) is 0 Å². The van der Waals surface area contributed by atoms with Crippen molar-refractivity contribution in [2.45, 2.75) is 52.9 Å². The Kier molecular flexibility index (Phi) is 4.76. The van der Waals surface area contributed by atoms with Crippen LogP contribution in [0.15, 0.2) is 18.2 Å². The number of nitrogens with two attached hydrogens (primary N) is 1. The highest BCUT2D eigenvalue weighted by atomic mass is 14.5. The molecule has 1 aromatic carbocycles. The highest BCUT2D eigenvalue weighted by Crippen LogP contribution is 2.27. The lowest BCUT2D eigenvalue weighted by Crippen LogP contribution is -2.14. The summed E-state index contributed by atoms with van der Waals surface area (Å²) in [6.07, 6.45) is 2.25. The fraction of sp³-hybridized carbons (Fsp3) is 0.625. The van der Waals surface area contributed by atoms with Crippen LogP contribution in [0.3, 0.4) is 0 Å². The van der Waals surface area contributed by atoms with Crippen LogP contribution in [-0.2, 0) is 11.8 Å². The van der Waals surface area contributed by atoms with Gasteiger partial charge >= 0.3 is 0 Å². The molecular formula is C16H27N.